The van der Waals surface area contributed by atoms with Crippen molar-refractivity contribution in [1.29, 1.82) is 0 Å². The number of ketones is 2. The molecule has 210 valence electrons. The van der Waals surface area contributed by atoms with Crippen LogP contribution >= 0.6 is 11.3 Å². The number of amides is 1. The number of carbonyl (C=O) groups is 3. The molecule has 4 atom stereocenters. The highest BCUT2D eigenvalue weighted by atomic mass is 32.1. The summed E-state index contributed by atoms with van der Waals surface area (Å²) in [6.07, 6.45) is 8.42. The number of benzene rings is 3. The molecule has 1 saturated heterocycles. The number of thiophene rings is 1. The van der Waals surface area contributed by atoms with Crippen molar-refractivity contribution in [3.05, 3.63) is 124 Å². The van der Waals surface area contributed by atoms with E-state index in [2.05, 4.69) is 17.1 Å². The van der Waals surface area contributed by atoms with Crippen molar-refractivity contribution in [2.24, 2.45) is 5.92 Å². The molecule has 0 unspecified atom stereocenters. The van der Waals surface area contributed by atoms with Crippen LogP contribution in [0, 0.1) is 5.92 Å². The summed E-state index contributed by atoms with van der Waals surface area (Å²) in [5.41, 5.74) is 3.72. The summed E-state index contributed by atoms with van der Waals surface area (Å²) < 4.78 is 0. The average molecular weight is 573 g/mol. The van der Waals surface area contributed by atoms with Gasteiger partial charge in [0.25, 0.3) is 0 Å². The smallest absolute Gasteiger partial charge is 0.238 e. The summed E-state index contributed by atoms with van der Waals surface area (Å²) in [5, 5.41) is 4.98. The maximum atomic E-state index is 14.9. The van der Waals surface area contributed by atoms with Crippen LogP contribution in [0.5, 0.6) is 0 Å². The zero-order valence-electron chi connectivity index (χ0n) is 23.5. The van der Waals surface area contributed by atoms with Gasteiger partial charge in [-0.2, -0.15) is 0 Å². The highest BCUT2D eigenvalue weighted by molar-refractivity contribution is 7.12. The number of fused-ring (bicyclic) bond motifs is 6. The standard InChI is InChI=1S/C36H32N2O3S/c1-2-3-4-10-23-16-18-25(19-17-23)33(39)31-32(34(40)29-15-9-22-42-29)38-28-14-8-5-11-24(28)20-21-30(38)36(31)26-12-6-7-13-27(26)37-35(36)41/h5-9,11-22,30-32H,2-4,10H2,1H3,(H,37,41)/t30-,31-,32+,36+/m0/s1. The molecule has 3 aromatic carbocycles. The fourth-order valence-corrected chi connectivity index (χ4v) is 7.98. The number of anilines is 2. The lowest BCUT2D eigenvalue weighted by atomic mass is 9.64. The summed E-state index contributed by atoms with van der Waals surface area (Å²) >= 11 is 1.37. The van der Waals surface area contributed by atoms with Crippen LogP contribution in [0.25, 0.3) is 6.08 Å². The van der Waals surface area contributed by atoms with Crippen LogP contribution in [0.1, 0.15) is 62.9 Å². The zero-order chi connectivity index (χ0) is 28.8. The highest BCUT2D eigenvalue weighted by Gasteiger charge is 2.70. The lowest BCUT2D eigenvalue weighted by Crippen LogP contribution is -2.51. The molecule has 3 aliphatic heterocycles. The van der Waals surface area contributed by atoms with Gasteiger partial charge in [-0.15, -0.1) is 11.3 Å². The van der Waals surface area contributed by atoms with Crippen LogP contribution in [-0.2, 0) is 16.6 Å². The van der Waals surface area contributed by atoms with E-state index in [0.717, 1.165) is 36.1 Å². The van der Waals surface area contributed by atoms with E-state index >= 15 is 0 Å². The van der Waals surface area contributed by atoms with Crippen LogP contribution in [0.4, 0.5) is 11.4 Å². The molecule has 7 rings (SSSR count). The molecule has 0 saturated carbocycles. The minimum atomic E-state index is -1.28. The summed E-state index contributed by atoms with van der Waals surface area (Å²) in [5.74, 6) is -1.50. The number of para-hydroxylation sites is 2. The first-order chi connectivity index (χ1) is 20.6. The summed E-state index contributed by atoms with van der Waals surface area (Å²) in [6, 6.07) is 25.6. The molecule has 0 bridgehead atoms. The van der Waals surface area contributed by atoms with E-state index in [0.29, 0.717) is 16.1 Å². The van der Waals surface area contributed by atoms with E-state index < -0.39 is 23.4 Å². The van der Waals surface area contributed by atoms with Crippen molar-refractivity contribution in [1.82, 2.24) is 0 Å². The first-order valence-electron chi connectivity index (χ1n) is 14.7. The molecule has 0 aliphatic carbocycles. The number of Topliss-reactive ketones (excluding diaryl/α,β-unsaturated/α-hetero) is 2. The third kappa shape index (κ3) is 3.92. The Kier molecular flexibility index (Phi) is 6.66. The van der Waals surface area contributed by atoms with Crippen LogP contribution in [0.2, 0.25) is 0 Å². The van der Waals surface area contributed by atoms with Gasteiger partial charge in [-0.05, 0) is 53.1 Å². The van der Waals surface area contributed by atoms with Crippen molar-refractivity contribution in [2.75, 3.05) is 10.2 Å². The molecular weight excluding hydrogens is 540 g/mol. The van der Waals surface area contributed by atoms with E-state index in [1.165, 1.54) is 23.3 Å². The van der Waals surface area contributed by atoms with E-state index in [1.807, 2.05) is 102 Å². The van der Waals surface area contributed by atoms with E-state index in [4.69, 9.17) is 0 Å². The topological polar surface area (TPSA) is 66.5 Å². The molecule has 0 radical (unpaired) electrons. The fraction of sp³-hybridized carbons (Fsp3) is 0.250. The van der Waals surface area contributed by atoms with Gasteiger partial charge in [-0.1, -0.05) is 98.6 Å². The monoisotopic (exact) mass is 572 g/mol. The Morgan fingerprint density at radius 3 is 2.48 bits per heavy atom. The van der Waals surface area contributed by atoms with Gasteiger partial charge in [0.05, 0.1) is 16.8 Å². The maximum Gasteiger partial charge on any atom is 0.238 e. The predicted octanol–water partition coefficient (Wildman–Crippen LogP) is 7.34. The Bertz CT molecular complexity index is 1710. The van der Waals surface area contributed by atoms with Gasteiger partial charge in [0.15, 0.2) is 11.6 Å². The third-order valence-corrected chi connectivity index (χ3v) is 10.0. The number of rotatable bonds is 8. The Labute approximate surface area is 249 Å². The van der Waals surface area contributed by atoms with Gasteiger partial charge in [0.2, 0.25) is 5.91 Å². The molecule has 1 aromatic heterocycles. The number of unbranched alkanes of at least 4 members (excludes halogenated alkanes) is 2. The second-order valence-electron chi connectivity index (χ2n) is 11.4. The highest BCUT2D eigenvalue weighted by Crippen LogP contribution is 2.58. The van der Waals surface area contributed by atoms with E-state index in [9.17, 15) is 14.4 Å². The molecule has 6 heteroatoms. The van der Waals surface area contributed by atoms with Gasteiger partial charge in [-0.25, -0.2) is 0 Å². The maximum absolute atomic E-state index is 14.9. The normalized spacial score (nSPS) is 23.4. The van der Waals surface area contributed by atoms with Crippen LogP contribution < -0.4 is 10.2 Å². The van der Waals surface area contributed by atoms with Crippen LogP contribution in [0.15, 0.2) is 96.4 Å². The Morgan fingerprint density at radius 1 is 0.905 bits per heavy atom. The predicted molar refractivity (Wildman–Crippen MR) is 168 cm³/mol. The van der Waals surface area contributed by atoms with Gasteiger partial charge >= 0.3 is 0 Å². The average Bonchev–Trinajstić information content (AvgIpc) is 3.74. The molecule has 4 heterocycles. The van der Waals surface area contributed by atoms with E-state index in [1.54, 1.807) is 0 Å². The van der Waals surface area contributed by atoms with Crippen molar-refractivity contribution in [3.63, 3.8) is 0 Å². The largest absolute Gasteiger partial charge is 0.352 e. The Balaban J connectivity index is 1.43. The van der Waals surface area contributed by atoms with Crippen molar-refractivity contribution < 1.29 is 14.4 Å². The molecule has 4 aromatic rings. The minimum absolute atomic E-state index is 0.135. The number of nitrogens with zero attached hydrogens (tertiary/aromatic N) is 1. The first-order valence-corrected chi connectivity index (χ1v) is 15.6. The number of hydrogen-bond donors (Lipinski definition) is 1. The summed E-state index contributed by atoms with van der Waals surface area (Å²) in [6.45, 7) is 2.19. The first kappa shape index (κ1) is 26.6. The van der Waals surface area contributed by atoms with Crippen molar-refractivity contribution >= 4 is 46.3 Å². The van der Waals surface area contributed by atoms with Crippen LogP contribution in [0.3, 0.4) is 0 Å². The molecule has 5 nitrogen and oxygen atoms in total. The van der Waals surface area contributed by atoms with Gasteiger partial charge in [-0.3, -0.25) is 14.4 Å². The van der Waals surface area contributed by atoms with Gasteiger partial charge in [0.1, 0.15) is 11.5 Å². The molecule has 42 heavy (non-hydrogen) atoms. The molecule has 1 fully saturated rings. The van der Waals surface area contributed by atoms with E-state index in [-0.39, 0.29) is 17.5 Å². The minimum Gasteiger partial charge on any atom is -0.352 e. The van der Waals surface area contributed by atoms with Gasteiger partial charge < -0.3 is 10.2 Å². The summed E-state index contributed by atoms with van der Waals surface area (Å²) in [4.78, 5) is 46.5. The lowest BCUT2D eigenvalue weighted by Gasteiger charge is -2.37. The Hall–Kier alpha value is -4.29. The summed E-state index contributed by atoms with van der Waals surface area (Å²) in [7, 11) is 0. The van der Waals surface area contributed by atoms with Crippen molar-refractivity contribution in [2.45, 2.75) is 50.1 Å². The fourth-order valence-electron chi connectivity index (χ4n) is 7.28. The van der Waals surface area contributed by atoms with Gasteiger partial charge in [0, 0.05) is 16.9 Å². The van der Waals surface area contributed by atoms with Crippen molar-refractivity contribution in [3.8, 4) is 0 Å². The zero-order valence-corrected chi connectivity index (χ0v) is 24.3. The second-order valence-corrected chi connectivity index (χ2v) is 12.4. The molecule has 3 aliphatic rings. The van der Waals surface area contributed by atoms with Crippen LogP contribution in [-0.4, -0.2) is 29.6 Å². The molecule has 1 N–H and O–H groups in total. The SMILES string of the molecule is CCCCCc1ccc(C(=O)[C@@H]2[C@H](C(=O)c3cccs3)N3c4ccccc4C=C[C@H]3[C@@]23C(=O)Nc2ccccc23)cc1. The molecule has 1 spiro atoms. The molecule has 1 amide bonds. The quantitative estimate of drug-likeness (QED) is 0.177. The number of carbonyl (C=O) groups excluding carboxylic acids is 3. The number of aryl methyl sites for hydroxylation is 1. The third-order valence-electron chi connectivity index (χ3n) is 9.16. The number of hydrogen-bond acceptors (Lipinski definition) is 5. The second kappa shape index (κ2) is 10.5. The molecular formula is C36H32N2O3S. The number of nitrogens with one attached hydrogen (secondary N) is 1. The Morgan fingerprint density at radius 2 is 1.69 bits per heavy atom. The lowest BCUT2D eigenvalue weighted by molar-refractivity contribution is -0.121.